The molecule has 0 aliphatic carbocycles. The maximum absolute atomic E-state index is 11.7. The average Bonchev–Trinajstić information content (AvgIpc) is 2.43. The summed E-state index contributed by atoms with van der Waals surface area (Å²) in [6, 6.07) is 9.87. The summed E-state index contributed by atoms with van der Waals surface area (Å²) in [6.07, 6.45) is 2.45. The van der Waals surface area contributed by atoms with Gasteiger partial charge in [-0.2, -0.15) is 0 Å². The molecule has 1 N–H and O–H groups in total. The number of ether oxygens (including phenoxy) is 1. The zero-order chi connectivity index (χ0) is 13.4. The van der Waals surface area contributed by atoms with Gasteiger partial charge in [-0.3, -0.25) is 4.79 Å². The van der Waals surface area contributed by atoms with Crippen LogP contribution in [0.25, 0.3) is 0 Å². The second-order valence-corrected chi connectivity index (χ2v) is 4.32. The van der Waals surface area contributed by atoms with E-state index in [0.717, 1.165) is 0 Å². The van der Waals surface area contributed by atoms with Crippen LogP contribution in [0.4, 0.5) is 0 Å². The van der Waals surface area contributed by atoms with Gasteiger partial charge in [-0.1, -0.05) is 43.3 Å². The summed E-state index contributed by atoms with van der Waals surface area (Å²) in [4.78, 5) is 11.7. The van der Waals surface area contributed by atoms with E-state index in [4.69, 9.17) is 4.74 Å². The van der Waals surface area contributed by atoms with Crippen molar-refractivity contribution in [2.45, 2.75) is 25.3 Å². The summed E-state index contributed by atoms with van der Waals surface area (Å²) in [5.74, 6) is 0.0762. The van der Waals surface area contributed by atoms with Gasteiger partial charge in [0.05, 0.1) is 7.11 Å². The molecule has 0 radical (unpaired) electrons. The minimum absolute atomic E-state index is 0.223. The molecule has 3 nitrogen and oxygen atoms in total. The molecule has 2 atom stereocenters. The molecule has 1 rings (SSSR count). The van der Waals surface area contributed by atoms with Crippen molar-refractivity contribution in [1.82, 2.24) is 5.32 Å². The van der Waals surface area contributed by atoms with E-state index in [1.807, 2.05) is 18.2 Å². The van der Waals surface area contributed by atoms with Gasteiger partial charge in [0.15, 0.2) is 0 Å². The van der Waals surface area contributed by atoms with Crippen LogP contribution in [0.5, 0.6) is 0 Å². The Labute approximate surface area is 109 Å². The number of carbonyl (C=O) groups is 1. The van der Waals surface area contributed by atoms with E-state index in [9.17, 15) is 4.79 Å². The molecule has 0 saturated carbocycles. The Hall–Kier alpha value is -1.61. The maximum Gasteiger partial charge on any atom is 0.322 e. The number of hydrogen-bond donors (Lipinski definition) is 1. The van der Waals surface area contributed by atoms with Crippen LogP contribution in [0.15, 0.2) is 43.0 Å². The first-order valence-electron chi connectivity index (χ1n) is 6.16. The standard InChI is InChI=1S/C15H21NO2/c1-4-10-16-14(15(17)18-3)11-12(2)13-8-6-5-7-9-13/h4-9,12,14,16H,1,10-11H2,2-3H3. The van der Waals surface area contributed by atoms with E-state index in [2.05, 4.69) is 31.0 Å². The first-order chi connectivity index (χ1) is 8.69. The number of esters is 1. The lowest BCUT2D eigenvalue weighted by Crippen LogP contribution is -2.38. The highest BCUT2D eigenvalue weighted by Crippen LogP contribution is 2.20. The number of benzene rings is 1. The van der Waals surface area contributed by atoms with Crippen molar-refractivity contribution >= 4 is 5.97 Å². The molecule has 18 heavy (non-hydrogen) atoms. The van der Waals surface area contributed by atoms with Crippen LogP contribution in [0.3, 0.4) is 0 Å². The predicted octanol–water partition coefficient (Wildman–Crippen LogP) is 2.50. The summed E-state index contributed by atoms with van der Waals surface area (Å²) in [7, 11) is 1.41. The summed E-state index contributed by atoms with van der Waals surface area (Å²) in [5.41, 5.74) is 1.23. The lowest BCUT2D eigenvalue weighted by atomic mass is 9.94. The van der Waals surface area contributed by atoms with Gasteiger partial charge in [0.25, 0.3) is 0 Å². The molecule has 0 fully saturated rings. The lowest BCUT2D eigenvalue weighted by molar-refractivity contribution is -0.143. The molecule has 0 aliphatic rings. The van der Waals surface area contributed by atoms with E-state index in [0.29, 0.717) is 18.9 Å². The van der Waals surface area contributed by atoms with Crippen molar-refractivity contribution in [2.75, 3.05) is 13.7 Å². The van der Waals surface area contributed by atoms with Gasteiger partial charge in [-0.25, -0.2) is 0 Å². The zero-order valence-electron chi connectivity index (χ0n) is 11.1. The summed E-state index contributed by atoms with van der Waals surface area (Å²) in [5, 5.41) is 3.13. The lowest BCUT2D eigenvalue weighted by Gasteiger charge is -2.20. The SMILES string of the molecule is C=CCNC(CC(C)c1ccccc1)C(=O)OC. The fourth-order valence-electron chi connectivity index (χ4n) is 1.90. The summed E-state index contributed by atoms with van der Waals surface area (Å²) < 4.78 is 4.81. The third kappa shape index (κ3) is 4.34. The Morgan fingerprint density at radius 2 is 2.11 bits per heavy atom. The van der Waals surface area contributed by atoms with Crippen molar-refractivity contribution in [3.63, 3.8) is 0 Å². The van der Waals surface area contributed by atoms with E-state index in [1.54, 1.807) is 6.08 Å². The minimum Gasteiger partial charge on any atom is -0.468 e. The van der Waals surface area contributed by atoms with Crippen LogP contribution in [0.2, 0.25) is 0 Å². The molecule has 0 bridgehead atoms. The largest absolute Gasteiger partial charge is 0.468 e. The van der Waals surface area contributed by atoms with E-state index in [-0.39, 0.29) is 12.0 Å². The second kappa shape index (κ2) is 7.67. The Balaban J connectivity index is 2.64. The summed E-state index contributed by atoms with van der Waals surface area (Å²) >= 11 is 0. The minimum atomic E-state index is -0.289. The molecule has 0 amide bonds. The molecule has 98 valence electrons. The number of methoxy groups -OCH3 is 1. The highest BCUT2D eigenvalue weighted by atomic mass is 16.5. The molecular formula is C15H21NO2. The molecular weight excluding hydrogens is 226 g/mol. The van der Waals surface area contributed by atoms with E-state index < -0.39 is 0 Å². The first-order valence-corrected chi connectivity index (χ1v) is 6.16. The molecule has 0 aromatic heterocycles. The predicted molar refractivity (Wildman–Crippen MR) is 73.5 cm³/mol. The maximum atomic E-state index is 11.7. The highest BCUT2D eigenvalue weighted by Gasteiger charge is 2.21. The monoisotopic (exact) mass is 247 g/mol. The number of nitrogens with one attached hydrogen (secondary N) is 1. The van der Waals surface area contributed by atoms with Gasteiger partial charge in [0.2, 0.25) is 0 Å². The third-order valence-electron chi connectivity index (χ3n) is 2.95. The van der Waals surface area contributed by atoms with Crippen molar-refractivity contribution in [1.29, 1.82) is 0 Å². The molecule has 0 heterocycles. The number of rotatable bonds is 7. The molecule has 1 aromatic rings. The normalized spacial score (nSPS) is 13.7. The highest BCUT2D eigenvalue weighted by molar-refractivity contribution is 5.75. The van der Waals surface area contributed by atoms with Crippen molar-refractivity contribution < 1.29 is 9.53 Å². The van der Waals surface area contributed by atoms with Crippen LogP contribution in [-0.2, 0) is 9.53 Å². The van der Waals surface area contributed by atoms with Crippen LogP contribution < -0.4 is 5.32 Å². The number of hydrogen-bond acceptors (Lipinski definition) is 3. The van der Waals surface area contributed by atoms with Gasteiger partial charge >= 0.3 is 5.97 Å². The van der Waals surface area contributed by atoms with Crippen LogP contribution in [0.1, 0.15) is 24.8 Å². The number of carbonyl (C=O) groups excluding carboxylic acids is 1. The Morgan fingerprint density at radius 3 is 2.67 bits per heavy atom. The quantitative estimate of drug-likeness (QED) is 0.594. The molecule has 1 aromatic carbocycles. The van der Waals surface area contributed by atoms with Gasteiger partial charge in [0.1, 0.15) is 6.04 Å². The zero-order valence-corrected chi connectivity index (χ0v) is 11.1. The van der Waals surface area contributed by atoms with E-state index in [1.165, 1.54) is 12.7 Å². The molecule has 0 spiro atoms. The average molecular weight is 247 g/mol. The van der Waals surface area contributed by atoms with Gasteiger partial charge in [0, 0.05) is 6.54 Å². The van der Waals surface area contributed by atoms with Gasteiger partial charge in [-0.05, 0) is 17.9 Å². The van der Waals surface area contributed by atoms with Crippen molar-refractivity contribution in [3.8, 4) is 0 Å². The fraction of sp³-hybridized carbons (Fsp3) is 0.400. The van der Waals surface area contributed by atoms with Crippen LogP contribution in [-0.4, -0.2) is 25.7 Å². The smallest absolute Gasteiger partial charge is 0.322 e. The van der Waals surface area contributed by atoms with Crippen molar-refractivity contribution in [2.24, 2.45) is 0 Å². The van der Waals surface area contributed by atoms with E-state index >= 15 is 0 Å². The molecule has 2 unspecified atom stereocenters. The second-order valence-electron chi connectivity index (χ2n) is 4.32. The molecule has 3 heteroatoms. The molecule has 0 saturated heterocycles. The van der Waals surface area contributed by atoms with Crippen LogP contribution >= 0.6 is 0 Å². The Bertz CT molecular complexity index is 375. The fourth-order valence-corrected chi connectivity index (χ4v) is 1.90. The Morgan fingerprint density at radius 1 is 1.44 bits per heavy atom. The van der Waals surface area contributed by atoms with Crippen molar-refractivity contribution in [3.05, 3.63) is 48.6 Å². The third-order valence-corrected chi connectivity index (χ3v) is 2.95. The van der Waals surface area contributed by atoms with Crippen LogP contribution in [0, 0.1) is 0 Å². The van der Waals surface area contributed by atoms with Gasteiger partial charge in [-0.15, -0.1) is 6.58 Å². The summed E-state index contributed by atoms with van der Waals surface area (Å²) in [6.45, 7) is 6.35. The van der Waals surface area contributed by atoms with Gasteiger partial charge < -0.3 is 10.1 Å². The molecule has 0 aliphatic heterocycles. The Kier molecular flexibility index (Phi) is 6.15. The first kappa shape index (κ1) is 14.5. The topological polar surface area (TPSA) is 38.3 Å².